The zero-order valence-electron chi connectivity index (χ0n) is 12.6. The van der Waals surface area contributed by atoms with Crippen molar-refractivity contribution in [3.05, 3.63) is 16.1 Å². The lowest BCUT2D eigenvalue weighted by Gasteiger charge is -2.45. The van der Waals surface area contributed by atoms with Gasteiger partial charge in [-0.05, 0) is 45.7 Å². The highest BCUT2D eigenvalue weighted by molar-refractivity contribution is 7.09. The van der Waals surface area contributed by atoms with Gasteiger partial charge in [0.2, 0.25) is 0 Å². The van der Waals surface area contributed by atoms with Crippen LogP contribution < -0.4 is 5.73 Å². The van der Waals surface area contributed by atoms with E-state index < -0.39 is 0 Å². The van der Waals surface area contributed by atoms with Crippen molar-refractivity contribution in [3.63, 3.8) is 0 Å². The third kappa shape index (κ3) is 3.06. The molecule has 2 aliphatic heterocycles. The zero-order valence-corrected chi connectivity index (χ0v) is 13.4. The summed E-state index contributed by atoms with van der Waals surface area (Å²) in [7, 11) is 2.29. The topological polar surface area (TPSA) is 45.4 Å². The maximum Gasteiger partial charge on any atom is 0.109 e. The predicted molar refractivity (Wildman–Crippen MR) is 83.8 cm³/mol. The minimum Gasteiger partial charge on any atom is -0.322 e. The molecule has 2 saturated heterocycles. The molecule has 4 nitrogen and oxygen atoms in total. The molecule has 3 atom stereocenters. The Morgan fingerprint density at radius 2 is 2.30 bits per heavy atom. The highest BCUT2D eigenvalue weighted by Crippen LogP contribution is 2.30. The molecule has 0 bridgehead atoms. The van der Waals surface area contributed by atoms with E-state index in [2.05, 4.69) is 27.2 Å². The lowest BCUT2D eigenvalue weighted by molar-refractivity contribution is 0.0351. The highest BCUT2D eigenvalue weighted by atomic mass is 32.1. The summed E-state index contributed by atoms with van der Waals surface area (Å²) in [6, 6.07) is 0.876. The number of aromatic nitrogens is 1. The van der Waals surface area contributed by atoms with Gasteiger partial charge in [0, 0.05) is 31.1 Å². The van der Waals surface area contributed by atoms with Crippen LogP contribution in [0.15, 0.2) is 5.38 Å². The van der Waals surface area contributed by atoms with Gasteiger partial charge in [0.25, 0.3) is 0 Å². The van der Waals surface area contributed by atoms with Crippen LogP contribution in [0.5, 0.6) is 0 Å². The molecule has 3 rings (SSSR count). The molecule has 0 radical (unpaired) electrons. The number of piperidine rings is 2. The Labute approximate surface area is 126 Å². The second kappa shape index (κ2) is 6.10. The highest BCUT2D eigenvalue weighted by Gasteiger charge is 2.34. The minimum absolute atomic E-state index is 0.0616. The van der Waals surface area contributed by atoms with Crippen LogP contribution in [0.4, 0.5) is 0 Å². The average Bonchev–Trinajstić information content (AvgIpc) is 2.88. The second-order valence-corrected chi connectivity index (χ2v) is 7.33. The Hall–Kier alpha value is -0.490. The quantitative estimate of drug-likeness (QED) is 0.927. The molecule has 2 N–H and O–H groups in total. The molecule has 0 amide bonds. The minimum atomic E-state index is 0.0616. The summed E-state index contributed by atoms with van der Waals surface area (Å²) in [5.74, 6) is 0.856. The van der Waals surface area contributed by atoms with Crippen LogP contribution in [0.25, 0.3) is 0 Å². The largest absolute Gasteiger partial charge is 0.322 e. The molecule has 3 heterocycles. The predicted octanol–water partition coefficient (Wildman–Crippen LogP) is 2.08. The van der Waals surface area contributed by atoms with Gasteiger partial charge in [0.1, 0.15) is 5.01 Å². The van der Waals surface area contributed by atoms with Gasteiger partial charge >= 0.3 is 0 Å². The van der Waals surface area contributed by atoms with Gasteiger partial charge in [0.05, 0.1) is 11.7 Å². The van der Waals surface area contributed by atoms with Crippen LogP contribution in [0.3, 0.4) is 0 Å². The lowest BCUT2D eigenvalue weighted by atomic mass is 9.84. The third-order valence-electron chi connectivity index (χ3n) is 4.77. The Morgan fingerprint density at radius 3 is 3.05 bits per heavy atom. The van der Waals surface area contributed by atoms with E-state index >= 15 is 0 Å². The number of nitrogens with zero attached hydrogens (tertiary/aromatic N) is 3. The van der Waals surface area contributed by atoms with Crippen molar-refractivity contribution in [3.8, 4) is 0 Å². The van der Waals surface area contributed by atoms with E-state index in [1.807, 2.05) is 6.92 Å². The van der Waals surface area contributed by atoms with Crippen LogP contribution in [-0.2, 0) is 6.54 Å². The zero-order chi connectivity index (χ0) is 14.1. The molecular formula is C15H26N4S. The molecule has 1 aromatic rings. The van der Waals surface area contributed by atoms with Crippen LogP contribution in [0.2, 0.25) is 0 Å². The summed E-state index contributed by atoms with van der Waals surface area (Å²) in [6.45, 7) is 6.73. The summed E-state index contributed by atoms with van der Waals surface area (Å²) < 4.78 is 0. The monoisotopic (exact) mass is 294 g/mol. The van der Waals surface area contributed by atoms with Crippen LogP contribution in [0.1, 0.15) is 42.9 Å². The van der Waals surface area contributed by atoms with Crippen molar-refractivity contribution < 1.29 is 0 Å². The third-order valence-corrected chi connectivity index (χ3v) is 5.87. The molecule has 0 aromatic carbocycles. The molecule has 20 heavy (non-hydrogen) atoms. The first kappa shape index (κ1) is 14.4. The van der Waals surface area contributed by atoms with Gasteiger partial charge in [-0.15, -0.1) is 11.3 Å². The number of hydrogen-bond acceptors (Lipinski definition) is 5. The molecule has 0 spiro atoms. The van der Waals surface area contributed by atoms with Crippen molar-refractivity contribution in [1.82, 2.24) is 14.8 Å². The van der Waals surface area contributed by atoms with E-state index in [0.29, 0.717) is 0 Å². The van der Waals surface area contributed by atoms with Crippen molar-refractivity contribution >= 4 is 11.3 Å². The number of fused-ring (bicyclic) bond motifs is 1. The van der Waals surface area contributed by atoms with E-state index in [1.54, 1.807) is 11.3 Å². The number of thiazole rings is 1. The van der Waals surface area contributed by atoms with Gasteiger partial charge < -0.3 is 10.6 Å². The molecule has 5 heteroatoms. The molecule has 2 fully saturated rings. The number of hydrogen-bond donors (Lipinski definition) is 1. The average molecular weight is 294 g/mol. The standard InChI is InChI=1S/C15H26N4S/c1-11(16)15-17-13(10-20-15)9-19-7-5-14-12(8-19)4-3-6-18(14)2/h10-12,14H,3-9,16H2,1-2H3. The van der Waals surface area contributed by atoms with E-state index in [9.17, 15) is 0 Å². The summed E-state index contributed by atoms with van der Waals surface area (Å²) in [5.41, 5.74) is 7.09. The van der Waals surface area contributed by atoms with Crippen LogP contribution in [-0.4, -0.2) is 47.5 Å². The van der Waals surface area contributed by atoms with Gasteiger partial charge in [-0.25, -0.2) is 4.98 Å². The Morgan fingerprint density at radius 1 is 1.45 bits per heavy atom. The smallest absolute Gasteiger partial charge is 0.109 e. The fourth-order valence-electron chi connectivity index (χ4n) is 3.70. The Balaban J connectivity index is 1.59. The summed E-state index contributed by atoms with van der Waals surface area (Å²) in [4.78, 5) is 9.82. The maximum absolute atomic E-state index is 5.89. The molecule has 3 unspecified atom stereocenters. The summed E-state index contributed by atoms with van der Waals surface area (Å²) in [5, 5.41) is 3.24. The van der Waals surface area contributed by atoms with Gasteiger partial charge in [-0.1, -0.05) is 0 Å². The molecule has 0 saturated carbocycles. The van der Waals surface area contributed by atoms with Gasteiger partial charge in [-0.3, -0.25) is 4.90 Å². The first-order chi connectivity index (χ1) is 9.63. The number of nitrogens with two attached hydrogens (primary N) is 1. The fourth-order valence-corrected chi connectivity index (χ4v) is 4.47. The maximum atomic E-state index is 5.89. The lowest BCUT2D eigenvalue weighted by Crippen LogP contribution is -2.52. The molecule has 0 aliphatic carbocycles. The molecule has 112 valence electrons. The first-order valence-corrected chi connectivity index (χ1v) is 8.64. The van der Waals surface area contributed by atoms with Crippen LogP contribution >= 0.6 is 11.3 Å². The van der Waals surface area contributed by atoms with Crippen molar-refractivity contribution in [1.29, 1.82) is 0 Å². The van der Waals surface area contributed by atoms with E-state index in [1.165, 1.54) is 44.6 Å². The molecule has 1 aromatic heterocycles. The molecule has 2 aliphatic rings. The van der Waals surface area contributed by atoms with Gasteiger partial charge in [-0.2, -0.15) is 0 Å². The van der Waals surface area contributed by atoms with E-state index in [0.717, 1.165) is 23.5 Å². The Bertz CT molecular complexity index is 445. The Kier molecular flexibility index (Phi) is 4.40. The van der Waals surface area contributed by atoms with Gasteiger partial charge in [0.15, 0.2) is 0 Å². The first-order valence-electron chi connectivity index (χ1n) is 7.76. The van der Waals surface area contributed by atoms with E-state index in [4.69, 9.17) is 5.73 Å². The van der Waals surface area contributed by atoms with Crippen molar-refractivity contribution in [2.75, 3.05) is 26.7 Å². The van der Waals surface area contributed by atoms with Crippen molar-refractivity contribution in [2.45, 2.75) is 44.8 Å². The number of rotatable bonds is 3. The normalized spacial score (nSPS) is 30.1. The SMILES string of the molecule is CC(N)c1nc(CN2CCC3C(CCCN3C)C2)cs1. The fraction of sp³-hybridized carbons (Fsp3) is 0.800. The summed E-state index contributed by atoms with van der Waals surface area (Å²) >= 11 is 1.70. The van der Waals surface area contributed by atoms with E-state index in [-0.39, 0.29) is 6.04 Å². The van der Waals surface area contributed by atoms with Crippen molar-refractivity contribution in [2.24, 2.45) is 11.7 Å². The summed E-state index contributed by atoms with van der Waals surface area (Å²) in [6.07, 6.45) is 4.07. The number of likely N-dealkylation sites (tertiary alicyclic amines) is 2. The van der Waals surface area contributed by atoms with Crippen LogP contribution in [0, 0.1) is 5.92 Å². The second-order valence-electron chi connectivity index (χ2n) is 6.44. The molecular weight excluding hydrogens is 268 g/mol.